The van der Waals surface area contributed by atoms with Crippen LogP contribution in [0.15, 0.2) is 28.9 Å². The van der Waals surface area contributed by atoms with Gasteiger partial charge in [-0.2, -0.15) is 4.98 Å². The summed E-state index contributed by atoms with van der Waals surface area (Å²) in [5.74, 6) is 0.401. The molecule has 3 aromatic rings. The molecule has 158 valence electrons. The van der Waals surface area contributed by atoms with E-state index in [0.29, 0.717) is 36.1 Å². The summed E-state index contributed by atoms with van der Waals surface area (Å²) in [4.78, 5) is 18.8. The van der Waals surface area contributed by atoms with E-state index in [1.165, 1.54) is 19.2 Å². The van der Waals surface area contributed by atoms with Crippen LogP contribution in [0.4, 0.5) is 4.39 Å². The van der Waals surface area contributed by atoms with Crippen LogP contribution in [0.25, 0.3) is 11.6 Å². The maximum absolute atomic E-state index is 13.9. The number of carbonyl (C=O) groups excluding carboxylic acids is 1. The third-order valence-corrected chi connectivity index (χ3v) is 5.20. The highest BCUT2D eigenvalue weighted by Gasteiger charge is 2.26. The summed E-state index contributed by atoms with van der Waals surface area (Å²) in [6.07, 6.45) is 4.93. The first-order chi connectivity index (χ1) is 14.6. The molecule has 2 aromatic heterocycles. The van der Waals surface area contributed by atoms with E-state index in [1.807, 2.05) is 0 Å². The van der Waals surface area contributed by atoms with Crippen LogP contribution < -0.4 is 4.74 Å². The van der Waals surface area contributed by atoms with Gasteiger partial charge in [-0.05, 0) is 37.5 Å². The molecular weight excluding hydrogens is 391 g/mol. The van der Waals surface area contributed by atoms with Gasteiger partial charge in [0, 0.05) is 25.1 Å². The Hall–Kier alpha value is -3.30. The highest BCUT2D eigenvalue weighted by atomic mass is 19.1. The van der Waals surface area contributed by atoms with Gasteiger partial charge in [0.15, 0.2) is 23.1 Å². The minimum absolute atomic E-state index is 0.112. The van der Waals surface area contributed by atoms with Crippen LogP contribution in [0.3, 0.4) is 0 Å². The number of aryl methyl sites for hydroxylation is 1. The molecule has 0 atom stereocenters. The van der Waals surface area contributed by atoms with Crippen molar-refractivity contribution in [3.63, 3.8) is 0 Å². The number of carbonyl (C=O) groups is 1. The number of nitrogens with zero attached hydrogens (tertiary/aromatic N) is 6. The third kappa shape index (κ3) is 4.03. The lowest BCUT2D eigenvalue weighted by molar-refractivity contribution is 0.0688. The average molecular weight is 414 g/mol. The number of likely N-dealkylation sites (tertiary alicyclic amines) is 1. The lowest BCUT2D eigenvalue weighted by atomic mass is 10.0. The van der Waals surface area contributed by atoms with Gasteiger partial charge in [0.25, 0.3) is 11.8 Å². The largest absolute Gasteiger partial charge is 0.494 e. The van der Waals surface area contributed by atoms with E-state index in [9.17, 15) is 9.18 Å². The number of piperidine rings is 1. The molecule has 3 heterocycles. The lowest BCUT2D eigenvalue weighted by Gasteiger charge is -2.31. The second kappa shape index (κ2) is 8.60. The minimum Gasteiger partial charge on any atom is -0.494 e. The number of hydrogen-bond acceptors (Lipinski definition) is 7. The molecule has 30 heavy (non-hydrogen) atoms. The molecule has 9 nitrogen and oxygen atoms in total. The fourth-order valence-electron chi connectivity index (χ4n) is 3.55. The maximum atomic E-state index is 13.9. The number of methoxy groups -OCH3 is 1. The SMILES string of the molecule is CCCc1noc(-c2cn(C3CCN(C(=O)c4ccc(OC)c(F)c4)CC3)nn2)n1. The zero-order valence-corrected chi connectivity index (χ0v) is 16.9. The number of benzene rings is 1. The Balaban J connectivity index is 1.38. The first-order valence-electron chi connectivity index (χ1n) is 9.96. The van der Waals surface area contributed by atoms with Crippen LogP contribution in [0, 0.1) is 5.82 Å². The van der Waals surface area contributed by atoms with Crippen molar-refractivity contribution in [1.82, 2.24) is 30.0 Å². The van der Waals surface area contributed by atoms with Gasteiger partial charge in [-0.25, -0.2) is 9.07 Å². The van der Waals surface area contributed by atoms with Crippen molar-refractivity contribution >= 4 is 5.91 Å². The molecule has 1 amide bonds. The predicted molar refractivity (Wildman–Crippen MR) is 104 cm³/mol. The normalized spacial score (nSPS) is 14.8. The first-order valence-corrected chi connectivity index (χ1v) is 9.96. The molecule has 1 aliphatic heterocycles. The molecule has 0 spiro atoms. The molecule has 0 unspecified atom stereocenters. The van der Waals surface area contributed by atoms with Crippen LogP contribution in [0.5, 0.6) is 5.75 Å². The molecule has 1 fully saturated rings. The fraction of sp³-hybridized carbons (Fsp3) is 0.450. The predicted octanol–water partition coefficient (Wildman–Crippen LogP) is 2.91. The summed E-state index contributed by atoms with van der Waals surface area (Å²) >= 11 is 0. The van der Waals surface area contributed by atoms with E-state index < -0.39 is 5.82 Å². The van der Waals surface area contributed by atoms with Crippen molar-refractivity contribution in [1.29, 1.82) is 0 Å². The van der Waals surface area contributed by atoms with Crippen molar-refractivity contribution in [2.75, 3.05) is 20.2 Å². The van der Waals surface area contributed by atoms with Crippen LogP contribution in [-0.4, -0.2) is 56.1 Å². The molecule has 0 aliphatic carbocycles. The molecule has 4 rings (SSSR count). The lowest BCUT2D eigenvalue weighted by Crippen LogP contribution is -2.39. The van der Waals surface area contributed by atoms with Crippen LogP contribution >= 0.6 is 0 Å². The molecule has 0 radical (unpaired) electrons. The van der Waals surface area contributed by atoms with Gasteiger partial charge in [0.2, 0.25) is 0 Å². The molecule has 10 heteroatoms. The van der Waals surface area contributed by atoms with E-state index in [1.54, 1.807) is 21.8 Å². The highest BCUT2D eigenvalue weighted by molar-refractivity contribution is 5.94. The van der Waals surface area contributed by atoms with Gasteiger partial charge < -0.3 is 14.2 Å². The summed E-state index contributed by atoms with van der Waals surface area (Å²) in [6, 6.07) is 4.38. The third-order valence-electron chi connectivity index (χ3n) is 5.20. The number of halogens is 1. The molecule has 1 saturated heterocycles. The summed E-state index contributed by atoms with van der Waals surface area (Å²) < 4.78 is 25.9. The van der Waals surface area contributed by atoms with Crippen LogP contribution in [-0.2, 0) is 6.42 Å². The van der Waals surface area contributed by atoms with E-state index in [2.05, 4.69) is 27.4 Å². The Morgan fingerprint density at radius 2 is 2.13 bits per heavy atom. The second-order valence-corrected chi connectivity index (χ2v) is 7.22. The Bertz CT molecular complexity index is 1030. The van der Waals surface area contributed by atoms with Crippen molar-refractivity contribution in [3.05, 3.63) is 41.6 Å². The van der Waals surface area contributed by atoms with Crippen molar-refractivity contribution in [2.45, 2.75) is 38.6 Å². The van der Waals surface area contributed by atoms with E-state index in [4.69, 9.17) is 9.26 Å². The smallest absolute Gasteiger partial charge is 0.280 e. The second-order valence-electron chi connectivity index (χ2n) is 7.22. The van der Waals surface area contributed by atoms with Gasteiger partial charge in [-0.15, -0.1) is 5.10 Å². The fourth-order valence-corrected chi connectivity index (χ4v) is 3.55. The maximum Gasteiger partial charge on any atom is 0.280 e. The van der Waals surface area contributed by atoms with Gasteiger partial charge in [0.1, 0.15) is 0 Å². The zero-order valence-electron chi connectivity index (χ0n) is 16.9. The van der Waals surface area contributed by atoms with Crippen LogP contribution in [0.1, 0.15) is 48.4 Å². The minimum atomic E-state index is -0.545. The molecule has 1 aliphatic rings. The molecule has 0 bridgehead atoms. The van der Waals surface area contributed by atoms with E-state index in [0.717, 1.165) is 25.7 Å². The number of rotatable bonds is 6. The zero-order chi connectivity index (χ0) is 21.1. The average Bonchev–Trinajstić information content (AvgIpc) is 3.43. The topological polar surface area (TPSA) is 99.2 Å². The molecule has 0 N–H and O–H groups in total. The quantitative estimate of drug-likeness (QED) is 0.611. The molecule has 1 aromatic carbocycles. The van der Waals surface area contributed by atoms with Gasteiger partial charge >= 0.3 is 0 Å². The van der Waals surface area contributed by atoms with Gasteiger partial charge in [-0.3, -0.25) is 4.79 Å². The highest BCUT2D eigenvalue weighted by Crippen LogP contribution is 2.26. The van der Waals surface area contributed by atoms with Crippen LogP contribution in [0.2, 0.25) is 0 Å². The first kappa shape index (κ1) is 20.0. The number of aromatic nitrogens is 5. The monoisotopic (exact) mass is 414 g/mol. The summed E-state index contributed by atoms with van der Waals surface area (Å²) in [6.45, 7) is 3.15. The number of hydrogen-bond donors (Lipinski definition) is 0. The number of ether oxygens (including phenoxy) is 1. The van der Waals surface area contributed by atoms with Crippen molar-refractivity contribution in [2.24, 2.45) is 0 Å². The molecular formula is C20H23FN6O3. The Morgan fingerprint density at radius 1 is 1.33 bits per heavy atom. The van der Waals surface area contributed by atoms with E-state index in [-0.39, 0.29) is 17.7 Å². The number of amides is 1. The van der Waals surface area contributed by atoms with Gasteiger partial charge in [0.05, 0.1) is 19.3 Å². The van der Waals surface area contributed by atoms with Crippen molar-refractivity contribution in [3.8, 4) is 17.3 Å². The molecule has 0 saturated carbocycles. The Labute approximate surface area is 172 Å². The summed E-state index contributed by atoms with van der Waals surface area (Å²) in [5, 5.41) is 12.3. The standard InChI is InChI=1S/C20H23FN6O3/c1-3-4-18-22-19(30-24-18)16-12-27(25-23-16)14-7-9-26(10-8-14)20(28)13-5-6-17(29-2)15(21)11-13/h5-6,11-12,14H,3-4,7-10H2,1-2H3. The van der Waals surface area contributed by atoms with Gasteiger partial charge in [-0.1, -0.05) is 17.3 Å². The van der Waals surface area contributed by atoms with Crippen molar-refractivity contribution < 1.29 is 18.4 Å². The van der Waals surface area contributed by atoms with E-state index >= 15 is 0 Å². The summed E-state index contributed by atoms with van der Waals surface area (Å²) in [5.41, 5.74) is 0.853. The Morgan fingerprint density at radius 3 is 2.83 bits per heavy atom. The summed E-state index contributed by atoms with van der Waals surface area (Å²) in [7, 11) is 1.39. The Kier molecular flexibility index (Phi) is 5.73.